The Bertz CT molecular complexity index is 476. The van der Waals surface area contributed by atoms with Crippen molar-refractivity contribution in [3.63, 3.8) is 0 Å². The number of rotatable bonds is 4. The average Bonchev–Trinajstić information content (AvgIpc) is 2.46. The number of Topliss-reactive ketones (excluding diaryl/α,β-unsaturated/α-hetero) is 1. The van der Waals surface area contributed by atoms with Crippen molar-refractivity contribution >= 4 is 17.4 Å². The Morgan fingerprint density at radius 2 is 1.70 bits per heavy atom. The second kappa shape index (κ2) is 6.52. The first kappa shape index (κ1) is 14.5. The molecule has 0 aliphatic carbocycles. The zero-order valence-electron chi connectivity index (χ0n) is 12.1. The number of piperazine rings is 1. The van der Waals surface area contributed by atoms with Crippen molar-refractivity contribution in [1.29, 1.82) is 0 Å². The molecule has 0 aromatic heterocycles. The molecule has 1 saturated heterocycles. The molecule has 0 bridgehead atoms. The Balaban J connectivity index is 1.89. The number of likely N-dealkylation sites (N-methyl/N-ethyl adjacent to an activating group) is 1. The molecule has 0 atom stereocenters. The molecule has 1 N–H and O–H groups in total. The van der Waals surface area contributed by atoms with Crippen molar-refractivity contribution in [3.8, 4) is 0 Å². The normalized spacial score (nSPS) is 16.0. The number of nitrogens with zero attached hydrogens (tertiary/aromatic N) is 2. The summed E-state index contributed by atoms with van der Waals surface area (Å²) in [6.45, 7) is 5.90. The summed E-state index contributed by atoms with van der Waals surface area (Å²) in [7, 11) is 2.14. The third-order valence-electron chi connectivity index (χ3n) is 3.58. The van der Waals surface area contributed by atoms with Crippen molar-refractivity contribution in [3.05, 3.63) is 29.8 Å². The molecule has 2 rings (SSSR count). The number of carbonyl (C=O) groups is 2. The Labute approximate surface area is 119 Å². The third kappa shape index (κ3) is 3.81. The molecule has 108 valence electrons. The van der Waals surface area contributed by atoms with Gasteiger partial charge in [0.15, 0.2) is 0 Å². The monoisotopic (exact) mass is 275 g/mol. The van der Waals surface area contributed by atoms with Gasteiger partial charge in [-0.2, -0.15) is 0 Å². The Hall–Kier alpha value is -1.88. The van der Waals surface area contributed by atoms with E-state index in [0.29, 0.717) is 6.54 Å². The summed E-state index contributed by atoms with van der Waals surface area (Å²) in [6.07, 6.45) is 0. The van der Waals surface area contributed by atoms with Crippen LogP contribution in [0.25, 0.3) is 0 Å². The number of hydrogen-bond acceptors (Lipinski definition) is 4. The van der Waals surface area contributed by atoms with Gasteiger partial charge in [-0.05, 0) is 24.7 Å². The molecular weight excluding hydrogens is 254 g/mol. The standard InChI is InChI=1S/C15H21N3O2/c1-12(19)15(20)16-11-13-3-5-14(6-4-13)18-9-7-17(2)8-10-18/h3-6H,7-11H2,1-2H3,(H,16,20). The fourth-order valence-corrected chi connectivity index (χ4v) is 2.20. The van der Waals surface area contributed by atoms with E-state index in [1.807, 2.05) is 12.1 Å². The van der Waals surface area contributed by atoms with Crippen LogP contribution in [0, 0.1) is 0 Å². The van der Waals surface area contributed by atoms with E-state index in [-0.39, 0.29) is 0 Å². The summed E-state index contributed by atoms with van der Waals surface area (Å²) in [6, 6.07) is 8.13. The lowest BCUT2D eigenvalue weighted by Crippen LogP contribution is -2.44. The van der Waals surface area contributed by atoms with Crippen LogP contribution in [0.3, 0.4) is 0 Å². The second-order valence-electron chi connectivity index (χ2n) is 5.20. The fraction of sp³-hybridized carbons (Fsp3) is 0.467. The van der Waals surface area contributed by atoms with E-state index in [2.05, 4.69) is 34.3 Å². The van der Waals surface area contributed by atoms with Crippen molar-refractivity contribution in [2.75, 3.05) is 38.1 Å². The predicted octanol–water partition coefficient (Wildman–Crippen LogP) is 0.644. The van der Waals surface area contributed by atoms with Crippen molar-refractivity contribution in [2.24, 2.45) is 0 Å². The van der Waals surface area contributed by atoms with Crippen molar-refractivity contribution in [2.45, 2.75) is 13.5 Å². The maximum atomic E-state index is 11.2. The molecule has 20 heavy (non-hydrogen) atoms. The average molecular weight is 275 g/mol. The van der Waals surface area contributed by atoms with Crippen LogP contribution in [0.4, 0.5) is 5.69 Å². The Morgan fingerprint density at radius 1 is 1.10 bits per heavy atom. The first-order valence-corrected chi connectivity index (χ1v) is 6.87. The first-order valence-electron chi connectivity index (χ1n) is 6.87. The summed E-state index contributed by atoms with van der Waals surface area (Å²) < 4.78 is 0. The molecule has 1 heterocycles. The van der Waals surface area contributed by atoms with E-state index >= 15 is 0 Å². The molecule has 1 aliphatic rings. The number of nitrogens with one attached hydrogen (secondary N) is 1. The van der Waals surface area contributed by atoms with Gasteiger partial charge in [0, 0.05) is 45.3 Å². The van der Waals surface area contributed by atoms with Gasteiger partial charge in [0.05, 0.1) is 0 Å². The second-order valence-corrected chi connectivity index (χ2v) is 5.20. The zero-order valence-corrected chi connectivity index (χ0v) is 12.1. The molecule has 1 fully saturated rings. The molecule has 1 aromatic rings. The first-order chi connectivity index (χ1) is 9.56. The van der Waals surface area contributed by atoms with Crippen LogP contribution in [0.15, 0.2) is 24.3 Å². The lowest BCUT2D eigenvalue weighted by atomic mass is 10.1. The van der Waals surface area contributed by atoms with Gasteiger partial charge in [0.1, 0.15) is 0 Å². The van der Waals surface area contributed by atoms with Gasteiger partial charge in [0.25, 0.3) is 5.91 Å². The van der Waals surface area contributed by atoms with Crippen LogP contribution in [0.2, 0.25) is 0 Å². The van der Waals surface area contributed by atoms with Gasteiger partial charge in [-0.1, -0.05) is 12.1 Å². The van der Waals surface area contributed by atoms with Crippen LogP contribution >= 0.6 is 0 Å². The van der Waals surface area contributed by atoms with E-state index in [9.17, 15) is 9.59 Å². The van der Waals surface area contributed by atoms with Gasteiger partial charge in [-0.15, -0.1) is 0 Å². The SMILES string of the molecule is CC(=O)C(=O)NCc1ccc(N2CCN(C)CC2)cc1. The van der Waals surface area contributed by atoms with Crippen LogP contribution in [0.5, 0.6) is 0 Å². The highest BCUT2D eigenvalue weighted by Crippen LogP contribution is 2.16. The molecule has 0 saturated carbocycles. The molecule has 1 aliphatic heterocycles. The van der Waals surface area contributed by atoms with Crippen LogP contribution in [-0.4, -0.2) is 49.8 Å². The highest BCUT2D eigenvalue weighted by atomic mass is 16.2. The molecule has 5 nitrogen and oxygen atoms in total. The largest absolute Gasteiger partial charge is 0.369 e. The summed E-state index contributed by atoms with van der Waals surface area (Å²) in [5, 5.41) is 2.59. The predicted molar refractivity (Wildman–Crippen MR) is 78.7 cm³/mol. The third-order valence-corrected chi connectivity index (χ3v) is 3.58. The minimum Gasteiger partial charge on any atom is -0.369 e. The Morgan fingerprint density at radius 3 is 2.25 bits per heavy atom. The lowest BCUT2D eigenvalue weighted by molar-refractivity contribution is -0.136. The maximum Gasteiger partial charge on any atom is 0.287 e. The van der Waals surface area contributed by atoms with E-state index in [0.717, 1.165) is 31.7 Å². The molecule has 1 amide bonds. The smallest absolute Gasteiger partial charge is 0.287 e. The van der Waals surface area contributed by atoms with Gasteiger partial charge in [-0.25, -0.2) is 0 Å². The van der Waals surface area contributed by atoms with E-state index < -0.39 is 11.7 Å². The Kier molecular flexibility index (Phi) is 4.74. The van der Waals surface area contributed by atoms with E-state index in [4.69, 9.17) is 0 Å². The number of ketones is 1. The topological polar surface area (TPSA) is 52.7 Å². The van der Waals surface area contributed by atoms with Gasteiger partial charge >= 0.3 is 0 Å². The highest BCUT2D eigenvalue weighted by molar-refractivity contribution is 6.35. The van der Waals surface area contributed by atoms with Crippen LogP contribution in [0.1, 0.15) is 12.5 Å². The number of amides is 1. The molecule has 5 heteroatoms. The maximum absolute atomic E-state index is 11.2. The van der Waals surface area contributed by atoms with Crippen LogP contribution in [-0.2, 0) is 16.1 Å². The van der Waals surface area contributed by atoms with E-state index in [1.54, 1.807) is 0 Å². The fourth-order valence-electron chi connectivity index (χ4n) is 2.20. The summed E-state index contributed by atoms with van der Waals surface area (Å²) in [4.78, 5) is 26.7. The van der Waals surface area contributed by atoms with Gasteiger partial charge in [0.2, 0.25) is 5.78 Å². The van der Waals surface area contributed by atoms with E-state index in [1.165, 1.54) is 12.6 Å². The lowest BCUT2D eigenvalue weighted by Gasteiger charge is -2.34. The highest BCUT2D eigenvalue weighted by Gasteiger charge is 2.14. The summed E-state index contributed by atoms with van der Waals surface area (Å²) >= 11 is 0. The zero-order chi connectivity index (χ0) is 14.5. The van der Waals surface area contributed by atoms with Gasteiger partial charge in [-0.3, -0.25) is 9.59 Å². The van der Waals surface area contributed by atoms with Crippen molar-refractivity contribution in [1.82, 2.24) is 10.2 Å². The van der Waals surface area contributed by atoms with Gasteiger partial charge < -0.3 is 15.1 Å². The number of hydrogen-bond donors (Lipinski definition) is 1. The number of anilines is 1. The molecular formula is C15H21N3O2. The quantitative estimate of drug-likeness (QED) is 0.820. The molecule has 0 unspecified atom stereocenters. The summed E-state index contributed by atoms with van der Waals surface area (Å²) in [5.74, 6) is -0.993. The summed E-state index contributed by atoms with van der Waals surface area (Å²) in [5.41, 5.74) is 2.21. The number of benzene rings is 1. The number of carbonyl (C=O) groups excluding carboxylic acids is 2. The van der Waals surface area contributed by atoms with Crippen LogP contribution < -0.4 is 10.2 Å². The molecule has 1 aromatic carbocycles. The molecule has 0 radical (unpaired) electrons. The molecule has 0 spiro atoms. The minimum atomic E-state index is -0.534. The minimum absolute atomic E-state index is 0.390. The van der Waals surface area contributed by atoms with Crippen molar-refractivity contribution < 1.29 is 9.59 Å².